The van der Waals surface area contributed by atoms with E-state index in [1.807, 2.05) is 0 Å². The molecule has 2 aliphatic rings. The lowest BCUT2D eigenvalue weighted by molar-refractivity contribution is -0.122. The third-order valence-electron chi connectivity index (χ3n) is 4.70. The van der Waals surface area contributed by atoms with Crippen molar-refractivity contribution >= 4 is 27.8 Å². The number of anilines is 1. The zero-order chi connectivity index (χ0) is 15.4. The molecular weight excluding hydrogens is 344 g/mol. The maximum Gasteiger partial charge on any atom is 0.225 e. The van der Waals surface area contributed by atoms with Crippen LogP contribution in [-0.4, -0.2) is 35.0 Å². The molecule has 0 aromatic carbocycles. The first-order valence-corrected chi connectivity index (χ1v) is 9.02. The number of rotatable bonds is 4. The van der Waals surface area contributed by atoms with E-state index in [0.29, 0.717) is 18.4 Å². The predicted molar refractivity (Wildman–Crippen MR) is 89.7 cm³/mol. The zero-order valence-corrected chi connectivity index (χ0v) is 14.4. The van der Waals surface area contributed by atoms with Crippen molar-refractivity contribution in [3.05, 3.63) is 16.9 Å². The molecule has 0 radical (unpaired) electrons. The molecular formula is C16H23BrN4O. The lowest BCUT2D eigenvalue weighted by Gasteiger charge is -2.31. The maximum atomic E-state index is 12.1. The van der Waals surface area contributed by atoms with E-state index in [1.165, 1.54) is 12.8 Å². The Morgan fingerprint density at radius 3 is 2.45 bits per heavy atom. The minimum absolute atomic E-state index is 0.241. The fraction of sp³-hybridized carbons (Fsp3) is 0.688. The Morgan fingerprint density at radius 2 is 1.82 bits per heavy atom. The molecule has 22 heavy (non-hydrogen) atoms. The molecule has 1 amide bonds. The first kappa shape index (κ1) is 15.7. The molecule has 2 heterocycles. The number of halogens is 1. The Hall–Kier alpha value is -1.17. The van der Waals surface area contributed by atoms with E-state index in [0.717, 1.165) is 49.2 Å². The highest BCUT2D eigenvalue weighted by Gasteiger charge is 2.24. The molecule has 6 heteroatoms. The molecule has 0 atom stereocenters. The van der Waals surface area contributed by atoms with Crippen LogP contribution in [0.1, 0.15) is 44.9 Å². The molecule has 0 spiro atoms. The Morgan fingerprint density at radius 1 is 1.18 bits per heavy atom. The summed E-state index contributed by atoms with van der Waals surface area (Å²) in [5, 5.41) is 3.19. The Bertz CT molecular complexity index is 493. The smallest absolute Gasteiger partial charge is 0.225 e. The normalized spacial score (nSPS) is 20.3. The lowest BCUT2D eigenvalue weighted by atomic mass is 9.93. The second-order valence-corrected chi connectivity index (χ2v) is 7.30. The van der Waals surface area contributed by atoms with E-state index in [9.17, 15) is 4.79 Å². The van der Waals surface area contributed by atoms with Crippen molar-refractivity contribution < 1.29 is 4.79 Å². The molecule has 1 N–H and O–H groups in total. The number of aromatic nitrogens is 2. The van der Waals surface area contributed by atoms with Gasteiger partial charge in [0.05, 0.1) is 4.47 Å². The van der Waals surface area contributed by atoms with Gasteiger partial charge in [-0.05, 0) is 47.5 Å². The van der Waals surface area contributed by atoms with Gasteiger partial charge in [0.25, 0.3) is 0 Å². The SMILES string of the molecule is O=C(CC1CCN(c2ncc(Br)cn2)CC1)NC1CCCC1. The molecule has 3 rings (SSSR count). The van der Waals surface area contributed by atoms with Crippen LogP contribution in [0.3, 0.4) is 0 Å². The van der Waals surface area contributed by atoms with Gasteiger partial charge in [-0.25, -0.2) is 9.97 Å². The summed E-state index contributed by atoms with van der Waals surface area (Å²) in [6.07, 6.45) is 11.1. The van der Waals surface area contributed by atoms with Crippen LogP contribution in [-0.2, 0) is 4.79 Å². The molecule has 1 aliphatic carbocycles. The van der Waals surface area contributed by atoms with E-state index >= 15 is 0 Å². The van der Waals surface area contributed by atoms with Crippen LogP contribution in [0.5, 0.6) is 0 Å². The van der Waals surface area contributed by atoms with Crippen molar-refractivity contribution in [3.8, 4) is 0 Å². The average molecular weight is 367 g/mol. The third-order valence-corrected chi connectivity index (χ3v) is 5.11. The maximum absolute atomic E-state index is 12.1. The summed E-state index contributed by atoms with van der Waals surface area (Å²) >= 11 is 3.35. The number of carbonyl (C=O) groups is 1. The Labute approximate surface area is 140 Å². The average Bonchev–Trinajstić information content (AvgIpc) is 3.02. The number of hydrogen-bond donors (Lipinski definition) is 1. The number of piperidine rings is 1. The monoisotopic (exact) mass is 366 g/mol. The van der Waals surface area contributed by atoms with E-state index < -0.39 is 0 Å². The molecule has 1 aromatic rings. The number of carbonyl (C=O) groups excluding carboxylic acids is 1. The van der Waals surface area contributed by atoms with Gasteiger partial charge in [0.15, 0.2) is 0 Å². The van der Waals surface area contributed by atoms with Crippen LogP contribution < -0.4 is 10.2 Å². The topological polar surface area (TPSA) is 58.1 Å². The number of hydrogen-bond acceptors (Lipinski definition) is 4. The summed E-state index contributed by atoms with van der Waals surface area (Å²) in [6.45, 7) is 1.87. The van der Waals surface area contributed by atoms with Crippen molar-refractivity contribution in [1.29, 1.82) is 0 Å². The van der Waals surface area contributed by atoms with Crippen molar-refractivity contribution in [2.75, 3.05) is 18.0 Å². The molecule has 1 saturated carbocycles. The number of nitrogens with one attached hydrogen (secondary N) is 1. The van der Waals surface area contributed by atoms with Gasteiger partial charge in [0.2, 0.25) is 11.9 Å². The van der Waals surface area contributed by atoms with Crippen LogP contribution >= 0.6 is 15.9 Å². The second kappa shape index (κ2) is 7.40. The molecule has 1 saturated heterocycles. The second-order valence-electron chi connectivity index (χ2n) is 6.38. The van der Waals surface area contributed by atoms with Gasteiger partial charge in [-0.3, -0.25) is 4.79 Å². The summed E-state index contributed by atoms with van der Waals surface area (Å²) in [4.78, 5) is 23.0. The molecule has 0 unspecified atom stereocenters. The highest BCUT2D eigenvalue weighted by molar-refractivity contribution is 9.10. The zero-order valence-electron chi connectivity index (χ0n) is 12.8. The van der Waals surface area contributed by atoms with Gasteiger partial charge in [-0.2, -0.15) is 0 Å². The first-order valence-electron chi connectivity index (χ1n) is 8.22. The largest absolute Gasteiger partial charge is 0.353 e. The minimum Gasteiger partial charge on any atom is -0.353 e. The molecule has 1 aromatic heterocycles. The molecule has 120 valence electrons. The van der Waals surface area contributed by atoms with Crippen LogP contribution in [0.4, 0.5) is 5.95 Å². The van der Waals surface area contributed by atoms with Gasteiger partial charge in [-0.1, -0.05) is 12.8 Å². The quantitative estimate of drug-likeness (QED) is 0.889. The fourth-order valence-electron chi connectivity index (χ4n) is 3.42. The molecule has 1 aliphatic heterocycles. The summed E-state index contributed by atoms with van der Waals surface area (Å²) in [7, 11) is 0. The Kier molecular flexibility index (Phi) is 5.28. The van der Waals surface area contributed by atoms with E-state index in [-0.39, 0.29) is 5.91 Å². The summed E-state index contributed by atoms with van der Waals surface area (Å²) in [5.74, 6) is 1.52. The number of nitrogens with zero attached hydrogens (tertiary/aromatic N) is 3. The highest BCUT2D eigenvalue weighted by Crippen LogP contribution is 2.24. The lowest BCUT2D eigenvalue weighted by Crippen LogP contribution is -2.38. The fourth-order valence-corrected chi connectivity index (χ4v) is 3.63. The van der Waals surface area contributed by atoms with Crippen LogP contribution in [0, 0.1) is 5.92 Å². The van der Waals surface area contributed by atoms with Crippen LogP contribution in [0.25, 0.3) is 0 Å². The van der Waals surface area contributed by atoms with Crippen molar-refractivity contribution in [2.45, 2.75) is 51.0 Å². The van der Waals surface area contributed by atoms with E-state index in [2.05, 4.69) is 36.1 Å². The highest BCUT2D eigenvalue weighted by atomic mass is 79.9. The summed E-state index contributed by atoms with van der Waals surface area (Å²) in [5.41, 5.74) is 0. The van der Waals surface area contributed by atoms with Gasteiger partial charge in [0, 0.05) is 37.9 Å². The Balaban J connectivity index is 1.43. The van der Waals surface area contributed by atoms with Gasteiger partial charge in [-0.15, -0.1) is 0 Å². The minimum atomic E-state index is 0.241. The van der Waals surface area contributed by atoms with Crippen LogP contribution in [0.2, 0.25) is 0 Å². The third kappa shape index (κ3) is 4.18. The van der Waals surface area contributed by atoms with E-state index in [1.54, 1.807) is 12.4 Å². The van der Waals surface area contributed by atoms with Gasteiger partial charge < -0.3 is 10.2 Å². The first-order chi connectivity index (χ1) is 10.7. The summed E-state index contributed by atoms with van der Waals surface area (Å²) < 4.78 is 0.898. The molecule has 2 fully saturated rings. The van der Waals surface area contributed by atoms with Crippen molar-refractivity contribution in [3.63, 3.8) is 0 Å². The van der Waals surface area contributed by atoms with Gasteiger partial charge >= 0.3 is 0 Å². The molecule has 5 nitrogen and oxygen atoms in total. The molecule has 0 bridgehead atoms. The van der Waals surface area contributed by atoms with Crippen LogP contribution in [0.15, 0.2) is 16.9 Å². The number of amides is 1. The predicted octanol–water partition coefficient (Wildman–Crippen LogP) is 2.90. The van der Waals surface area contributed by atoms with E-state index in [4.69, 9.17) is 0 Å². The van der Waals surface area contributed by atoms with Gasteiger partial charge in [0.1, 0.15) is 0 Å². The van der Waals surface area contributed by atoms with Crippen molar-refractivity contribution in [1.82, 2.24) is 15.3 Å². The van der Waals surface area contributed by atoms with Crippen molar-refractivity contribution in [2.24, 2.45) is 5.92 Å². The summed E-state index contributed by atoms with van der Waals surface area (Å²) in [6, 6.07) is 0.434. The standard InChI is InChI=1S/C16H23BrN4O/c17-13-10-18-16(19-11-13)21-7-5-12(6-8-21)9-15(22)20-14-3-1-2-4-14/h10-12,14H,1-9H2,(H,20,22).